The molecule has 1 N–H and O–H groups in total. The van der Waals surface area contributed by atoms with Crippen molar-refractivity contribution in [3.05, 3.63) is 0 Å². The van der Waals surface area contributed by atoms with Crippen molar-refractivity contribution < 1.29 is 14.6 Å². The molecule has 0 bridgehead atoms. The van der Waals surface area contributed by atoms with Gasteiger partial charge in [0.05, 0.1) is 25.4 Å². The largest absolute Gasteiger partial charge is 0.391 e. The number of ether oxygens (including phenoxy) is 2. The van der Waals surface area contributed by atoms with E-state index in [9.17, 15) is 5.11 Å². The normalized spacial score (nSPS) is 28.5. The van der Waals surface area contributed by atoms with Crippen LogP contribution in [0.3, 0.4) is 0 Å². The molecule has 2 saturated heterocycles. The lowest BCUT2D eigenvalue weighted by molar-refractivity contribution is -0.0670. The van der Waals surface area contributed by atoms with Crippen molar-refractivity contribution in [3.63, 3.8) is 0 Å². The predicted molar refractivity (Wildman–Crippen MR) is 70.7 cm³/mol. The molecule has 4 nitrogen and oxygen atoms in total. The summed E-state index contributed by atoms with van der Waals surface area (Å²) in [5, 5.41) is 10.5. The van der Waals surface area contributed by atoms with E-state index in [1.807, 2.05) is 0 Å². The van der Waals surface area contributed by atoms with Crippen LogP contribution in [-0.4, -0.2) is 60.7 Å². The van der Waals surface area contributed by atoms with Gasteiger partial charge in [-0.2, -0.15) is 0 Å². The number of morpholine rings is 1. The van der Waals surface area contributed by atoms with Gasteiger partial charge in [0.15, 0.2) is 0 Å². The monoisotopic (exact) mass is 257 g/mol. The molecule has 2 atom stereocenters. The molecule has 2 heterocycles. The molecule has 0 spiro atoms. The molecule has 2 rings (SSSR count). The summed E-state index contributed by atoms with van der Waals surface area (Å²) in [5.74, 6) is 0. The van der Waals surface area contributed by atoms with E-state index in [0.29, 0.717) is 6.10 Å². The van der Waals surface area contributed by atoms with E-state index in [1.165, 1.54) is 6.42 Å². The van der Waals surface area contributed by atoms with E-state index in [0.717, 1.165) is 52.2 Å². The van der Waals surface area contributed by atoms with E-state index < -0.39 is 0 Å². The van der Waals surface area contributed by atoms with Crippen LogP contribution >= 0.6 is 0 Å². The average Bonchev–Trinajstić information content (AvgIpc) is 2.90. The molecular weight excluding hydrogens is 230 g/mol. The molecule has 2 aliphatic rings. The Hall–Kier alpha value is -0.160. The van der Waals surface area contributed by atoms with Crippen molar-refractivity contribution in [2.75, 3.05) is 32.9 Å². The van der Waals surface area contributed by atoms with Gasteiger partial charge in [0, 0.05) is 25.2 Å². The fraction of sp³-hybridized carbons (Fsp3) is 1.00. The average molecular weight is 257 g/mol. The molecule has 18 heavy (non-hydrogen) atoms. The highest BCUT2D eigenvalue weighted by molar-refractivity contribution is 4.90. The Morgan fingerprint density at radius 2 is 2.00 bits per heavy atom. The number of aliphatic hydroxyl groups excluding tert-OH is 1. The SMILES string of the molecule is CC(C)(C(O)CCC1CCCO1)N1CCOCC1. The Bertz CT molecular complexity index is 245. The Morgan fingerprint density at radius 3 is 2.61 bits per heavy atom. The molecule has 0 aromatic heterocycles. The number of aliphatic hydroxyl groups is 1. The van der Waals surface area contributed by atoms with Crippen LogP contribution in [0.1, 0.15) is 39.5 Å². The molecule has 2 fully saturated rings. The first kappa shape index (κ1) is 14.3. The van der Waals surface area contributed by atoms with Gasteiger partial charge < -0.3 is 14.6 Å². The summed E-state index contributed by atoms with van der Waals surface area (Å²) in [7, 11) is 0. The summed E-state index contributed by atoms with van der Waals surface area (Å²) in [6.45, 7) is 8.57. The van der Waals surface area contributed by atoms with Gasteiger partial charge in [0.1, 0.15) is 0 Å². The third-order valence-corrected chi connectivity index (χ3v) is 4.43. The number of hydrogen-bond donors (Lipinski definition) is 1. The summed E-state index contributed by atoms with van der Waals surface area (Å²) < 4.78 is 11.0. The van der Waals surface area contributed by atoms with Crippen LogP contribution in [0.5, 0.6) is 0 Å². The maximum Gasteiger partial charge on any atom is 0.0719 e. The zero-order valence-corrected chi connectivity index (χ0v) is 11.7. The van der Waals surface area contributed by atoms with Crippen LogP contribution in [0, 0.1) is 0 Å². The van der Waals surface area contributed by atoms with Crippen molar-refractivity contribution in [1.29, 1.82) is 0 Å². The topological polar surface area (TPSA) is 41.9 Å². The quantitative estimate of drug-likeness (QED) is 0.809. The third kappa shape index (κ3) is 3.44. The van der Waals surface area contributed by atoms with Crippen LogP contribution in [0.25, 0.3) is 0 Å². The fourth-order valence-corrected chi connectivity index (χ4v) is 2.92. The molecule has 2 unspecified atom stereocenters. The molecule has 4 heteroatoms. The first-order valence-electron chi connectivity index (χ1n) is 7.23. The highest BCUT2D eigenvalue weighted by Crippen LogP contribution is 2.26. The van der Waals surface area contributed by atoms with Gasteiger partial charge in [-0.3, -0.25) is 4.90 Å². The van der Waals surface area contributed by atoms with Crippen molar-refractivity contribution in [1.82, 2.24) is 4.90 Å². The molecular formula is C14H27NO3. The van der Waals surface area contributed by atoms with Crippen molar-refractivity contribution in [3.8, 4) is 0 Å². The summed E-state index contributed by atoms with van der Waals surface area (Å²) in [4.78, 5) is 2.34. The predicted octanol–water partition coefficient (Wildman–Crippen LogP) is 1.42. The first-order valence-corrected chi connectivity index (χ1v) is 7.23. The van der Waals surface area contributed by atoms with Gasteiger partial charge >= 0.3 is 0 Å². The summed E-state index contributed by atoms with van der Waals surface area (Å²) in [6.07, 6.45) is 4.22. The molecule has 0 amide bonds. The van der Waals surface area contributed by atoms with Crippen molar-refractivity contribution in [2.24, 2.45) is 0 Å². The van der Waals surface area contributed by atoms with E-state index in [1.54, 1.807) is 0 Å². The zero-order valence-electron chi connectivity index (χ0n) is 11.7. The first-order chi connectivity index (χ1) is 8.60. The molecule has 0 radical (unpaired) electrons. The summed E-state index contributed by atoms with van der Waals surface area (Å²) in [6, 6.07) is 0. The number of hydrogen-bond acceptors (Lipinski definition) is 4. The standard InChI is InChI=1S/C14H27NO3/c1-14(2,15-7-10-17-11-8-15)13(16)6-5-12-4-3-9-18-12/h12-13,16H,3-11H2,1-2H3. The molecule has 2 aliphatic heterocycles. The van der Waals surface area contributed by atoms with Gasteiger partial charge in [-0.05, 0) is 39.5 Å². The van der Waals surface area contributed by atoms with Gasteiger partial charge in [0.2, 0.25) is 0 Å². The fourth-order valence-electron chi connectivity index (χ4n) is 2.92. The Balaban J connectivity index is 1.79. The molecule has 106 valence electrons. The van der Waals surface area contributed by atoms with Crippen LogP contribution in [-0.2, 0) is 9.47 Å². The lowest BCUT2D eigenvalue weighted by Gasteiger charge is -2.44. The second kappa shape index (κ2) is 6.33. The molecule has 0 aromatic carbocycles. The van der Waals surface area contributed by atoms with Crippen LogP contribution in [0.2, 0.25) is 0 Å². The van der Waals surface area contributed by atoms with Crippen LogP contribution in [0.15, 0.2) is 0 Å². The van der Waals surface area contributed by atoms with Gasteiger partial charge in [-0.15, -0.1) is 0 Å². The minimum absolute atomic E-state index is 0.164. The van der Waals surface area contributed by atoms with Gasteiger partial charge in [-0.25, -0.2) is 0 Å². The molecule has 0 aliphatic carbocycles. The lowest BCUT2D eigenvalue weighted by atomic mass is 9.90. The second-order valence-electron chi connectivity index (χ2n) is 5.98. The molecule has 0 saturated carbocycles. The van der Waals surface area contributed by atoms with Crippen molar-refractivity contribution >= 4 is 0 Å². The Morgan fingerprint density at radius 1 is 1.28 bits per heavy atom. The minimum Gasteiger partial charge on any atom is -0.391 e. The summed E-state index contributed by atoms with van der Waals surface area (Å²) in [5.41, 5.74) is -0.164. The number of nitrogens with zero attached hydrogens (tertiary/aromatic N) is 1. The van der Waals surface area contributed by atoms with E-state index >= 15 is 0 Å². The van der Waals surface area contributed by atoms with E-state index in [4.69, 9.17) is 9.47 Å². The van der Waals surface area contributed by atoms with Crippen LogP contribution in [0.4, 0.5) is 0 Å². The molecule has 0 aromatic rings. The van der Waals surface area contributed by atoms with E-state index in [-0.39, 0.29) is 11.6 Å². The maximum atomic E-state index is 10.5. The highest BCUT2D eigenvalue weighted by atomic mass is 16.5. The Kier molecular flexibility index (Phi) is 5.01. The maximum absolute atomic E-state index is 10.5. The smallest absolute Gasteiger partial charge is 0.0719 e. The second-order valence-corrected chi connectivity index (χ2v) is 5.98. The zero-order chi connectivity index (χ0) is 13.0. The lowest BCUT2D eigenvalue weighted by Crippen LogP contribution is -2.56. The van der Waals surface area contributed by atoms with Gasteiger partial charge in [0.25, 0.3) is 0 Å². The third-order valence-electron chi connectivity index (χ3n) is 4.43. The summed E-state index contributed by atoms with van der Waals surface area (Å²) >= 11 is 0. The Labute approximate surface area is 110 Å². The minimum atomic E-state index is -0.292. The highest BCUT2D eigenvalue weighted by Gasteiger charge is 2.35. The van der Waals surface area contributed by atoms with Crippen LogP contribution < -0.4 is 0 Å². The van der Waals surface area contributed by atoms with E-state index in [2.05, 4.69) is 18.7 Å². The van der Waals surface area contributed by atoms with Crippen molar-refractivity contribution in [2.45, 2.75) is 57.3 Å². The van der Waals surface area contributed by atoms with Gasteiger partial charge in [-0.1, -0.05) is 0 Å². The number of rotatable bonds is 5.